The maximum atomic E-state index is 11.8. The highest BCUT2D eigenvalue weighted by Gasteiger charge is 2.10. The first-order valence-corrected chi connectivity index (χ1v) is 8.36. The molecule has 2 amide bonds. The third kappa shape index (κ3) is 5.88. The number of hydrogen-bond donors (Lipinski definition) is 2. The number of benzene rings is 2. The van der Waals surface area contributed by atoms with Crippen LogP contribution >= 0.6 is 27.5 Å². The molecule has 0 saturated carbocycles. The molecule has 130 valence electrons. The second kappa shape index (κ2) is 9.19. The molecule has 6 nitrogen and oxygen atoms in total. The lowest BCUT2D eigenvalue weighted by atomic mass is 10.2. The topological polar surface area (TPSA) is 79.8 Å². The van der Waals surface area contributed by atoms with Gasteiger partial charge in [-0.05, 0) is 51.8 Å². The van der Waals surface area contributed by atoms with E-state index in [1.807, 2.05) is 0 Å². The predicted molar refractivity (Wildman–Crippen MR) is 101 cm³/mol. The summed E-state index contributed by atoms with van der Waals surface area (Å²) in [6.45, 7) is 0. The Morgan fingerprint density at radius 1 is 1.24 bits per heavy atom. The van der Waals surface area contributed by atoms with Crippen molar-refractivity contribution >= 4 is 51.2 Å². The summed E-state index contributed by atoms with van der Waals surface area (Å²) in [7, 11) is 1.57. The first-order chi connectivity index (χ1) is 12.0. The predicted octanol–water partition coefficient (Wildman–Crippen LogP) is 3.59. The zero-order valence-corrected chi connectivity index (χ0v) is 15.6. The average Bonchev–Trinajstić information content (AvgIpc) is 2.57. The minimum absolute atomic E-state index is 0.366. The number of carbonyl (C=O) groups excluding carboxylic acids is 2. The summed E-state index contributed by atoms with van der Waals surface area (Å²) in [6, 6.07) is 12.1. The molecule has 0 spiro atoms. The number of anilines is 1. The van der Waals surface area contributed by atoms with Crippen molar-refractivity contribution in [2.45, 2.75) is 6.42 Å². The third-order valence-corrected chi connectivity index (χ3v) is 4.00. The van der Waals surface area contributed by atoms with Crippen LogP contribution in [0.3, 0.4) is 0 Å². The van der Waals surface area contributed by atoms with Crippen molar-refractivity contribution in [3.8, 4) is 5.75 Å². The van der Waals surface area contributed by atoms with Crippen molar-refractivity contribution in [2.75, 3.05) is 12.4 Å². The van der Waals surface area contributed by atoms with Gasteiger partial charge in [0.2, 0.25) is 11.8 Å². The molecule has 0 unspecified atom stereocenters. The summed E-state index contributed by atoms with van der Waals surface area (Å²) < 4.78 is 5.90. The van der Waals surface area contributed by atoms with E-state index in [1.165, 1.54) is 6.21 Å². The van der Waals surface area contributed by atoms with Gasteiger partial charge in [0.25, 0.3) is 0 Å². The lowest BCUT2D eigenvalue weighted by Crippen LogP contribution is -2.24. The molecule has 0 aliphatic rings. The van der Waals surface area contributed by atoms with Crippen LogP contribution in [-0.4, -0.2) is 25.1 Å². The van der Waals surface area contributed by atoms with E-state index in [-0.39, 0.29) is 6.42 Å². The van der Waals surface area contributed by atoms with Crippen molar-refractivity contribution < 1.29 is 14.3 Å². The molecule has 0 atom stereocenters. The standard InChI is InChI=1S/C17H15BrClN3O3/c1-25-15-7-6-11(8-12(15)18)10-20-22-17(24)9-16(23)21-14-5-3-2-4-13(14)19/h2-8,10H,9H2,1H3,(H,21,23)(H,22,24). The number of ether oxygens (including phenoxy) is 1. The van der Waals surface area contributed by atoms with E-state index in [0.29, 0.717) is 16.5 Å². The van der Waals surface area contributed by atoms with Gasteiger partial charge >= 0.3 is 0 Å². The molecule has 0 heterocycles. The van der Waals surface area contributed by atoms with Gasteiger partial charge in [-0.25, -0.2) is 5.43 Å². The maximum Gasteiger partial charge on any atom is 0.249 e. The monoisotopic (exact) mass is 423 g/mol. The number of halogens is 2. The summed E-state index contributed by atoms with van der Waals surface area (Å²) in [6.07, 6.45) is 1.10. The Kier molecular flexibility index (Phi) is 6.97. The molecule has 8 heteroatoms. The van der Waals surface area contributed by atoms with Gasteiger partial charge in [-0.15, -0.1) is 0 Å². The Morgan fingerprint density at radius 2 is 2.00 bits per heavy atom. The summed E-state index contributed by atoms with van der Waals surface area (Å²) in [5.41, 5.74) is 3.51. The van der Waals surface area contributed by atoms with Crippen molar-refractivity contribution in [1.29, 1.82) is 0 Å². The summed E-state index contributed by atoms with van der Waals surface area (Å²) in [5, 5.41) is 6.79. The van der Waals surface area contributed by atoms with Gasteiger partial charge in [-0.3, -0.25) is 9.59 Å². The largest absolute Gasteiger partial charge is 0.496 e. The van der Waals surface area contributed by atoms with Crippen molar-refractivity contribution in [3.63, 3.8) is 0 Å². The average molecular weight is 425 g/mol. The second-order valence-electron chi connectivity index (χ2n) is 4.89. The molecule has 2 aromatic carbocycles. The van der Waals surface area contributed by atoms with Gasteiger partial charge in [0.05, 0.1) is 28.5 Å². The van der Waals surface area contributed by atoms with Crippen LogP contribution in [0.25, 0.3) is 0 Å². The number of para-hydroxylation sites is 1. The van der Waals surface area contributed by atoms with Crippen LogP contribution in [-0.2, 0) is 9.59 Å². The Bertz CT molecular complexity index is 811. The SMILES string of the molecule is COc1ccc(C=NNC(=O)CC(=O)Nc2ccccc2Cl)cc1Br. The van der Waals surface area contributed by atoms with Crippen molar-refractivity contribution in [3.05, 3.63) is 57.5 Å². The van der Waals surface area contributed by atoms with Gasteiger partial charge in [-0.1, -0.05) is 23.7 Å². The number of hydrazone groups is 1. The number of nitrogens with zero attached hydrogens (tertiary/aromatic N) is 1. The smallest absolute Gasteiger partial charge is 0.249 e. The van der Waals surface area contributed by atoms with Crippen molar-refractivity contribution in [1.82, 2.24) is 5.43 Å². The Hall–Kier alpha value is -2.38. The van der Waals surface area contributed by atoms with E-state index >= 15 is 0 Å². The molecular weight excluding hydrogens is 410 g/mol. The Labute approximate surface area is 158 Å². The fourth-order valence-electron chi connectivity index (χ4n) is 1.88. The summed E-state index contributed by atoms with van der Waals surface area (Å²) in [4.78, 5) is 23.6. The molecule has 0 saturated heterocycles. The number of methoxy groups -OCH3 is 1. The van der Waals surface area contributed by atoms with E-state index < -0.39 is 11.8 Å². The normalized spacial score (nSPS) is 10.5. The minimum atomic E-state index is -0.534. The number of carbonyl (C=O) groups is 2. The molecule has 0 bridgehead atoms. The molecule has 2 aromatic rings. The first-order valence-electron chi connectivity index (χ1n) is 7.19. The lowest BCUT2D eigenvalue weighted by Gasteiger charge is -2.06. The molecule has 0 aliphatic carbocycles. The highest BCUT2D eigenvalue weighted by molar-refractivity contribution is 9.10. The van der Waals surface area contributed by atoms with E-state index in [9.17, 15) is 9.59 Å². The van der Waals surface area contributed by atoms with Gasteiger partial charge in [0.15, 0.2) is 0 Å². The summed E-state index contributed by atoms with van der Waals surface area (Å²) >= 11 is 9.30. The van der Waals surface area contributed by atoms with Crippen LogP contribution in [0.4, 0.5) is 5.69 Å². The van der Waals surface area contributed by atoms with Crippen LogP contribution in [0.15, 0.2) is 52.0 Å². The Morgan fingerprint density at radius 3 is 2.68 bits per heavy atom. The van der Waals surface area contributed by atoms with Crippen LogP contribution in [0.5, 0.6) is 5.75 Å². The molecule has 25 heavy (non-hydrogen) atoms. The van der Waals surface area contributed by atoms with Gasteiger partial charge in [0, 0.05) is 0 Å². The number of nitrogens with one attached hydrogen (secondary N) is 2. The van der Waals surface area contributed by atoms with Crippen LogP contribution in [0.2, 0.25) is 5.02 Å². The van der Waals surface area contributed by atoms with Crippen LogP contribution in [0.1, 0.15) is 12.0 Å². The number of amides is 2. The highest BCUT2D eigenvalue weighted by atomic mass is 79.9. The molecule has 0 aliphatic heterocycles. The van der Waals surface area contributed by atoms with E-state index in [4.69, 9.17) is 16.3 Å². The Balaban J connectivity index is 1.85. The molecule has 0 fully saturated rings. The zero-order valence-electron chi connectivity index (χ0n) is 13.3. The fourth-order valence-corrected chi connectivity index (χ4v) is 2.63. The number of hydrogen-bond acceptors (Lipinski definition) is 4. The molecule has 0 radical (unpaired) electrons. The lowest BCUT2D eigenvalue weighted by molar-refractivity contribution is -0.126. The molecule has 2 N–H and O–H groups in total. The van der Waals surface area contributed by atoms with E-state index in [2.05, 4.69) is 31.8 Å². The molecule has 2 rings (SSSR count). The third-order valence-electron chi connectivity index (χ3n) is 3.05. The van der Waals surface area contributed by atoms with E-state index in [0.717, 1.165) is 10.0 Å². The van der Waals surface area contributed by atoms with E-state index in [1.54, 1.807) is 49.6 Å². The van der Waals surface area contributed by atoms with Gasteiger partial charge < -0.3 is 10.1 Å². The fraction of sp³-hybridized carbons (Fsp3) is 0.118. The summed E-state index contributed by atoms with van der Waals surface area (Å²) in [5.74, 6) is -0.321. The van der Waals surface area contributed by atoms with Gasteiger partial charge in [-0.2, -0.15) is 5.10 Å². The van der Waals surface area contributed by atoms with Crippen LogP contribution < -0.4 is 15.5 Å². The zero-order chi connectivity index (χ0) is 18.2. The highest BCUT2D eigenvalue weighted by Crippen LogP contribution is 2.24. The quantitative estimate of drug-likeness (QED) is 0.422. The van der Waals surface area contributed by atoms with Crippen molar-refractivity contribution in [2.24, 2.45) is 5.10 Å². The second-order valence-corrected chi connectivity index (χ2v) is 6.15. The maximum absolute atomic E-state index is 11.8. The first kappa shape index (κ1) is 19.0. The number of rotatable bonds is 6. The molecular formula is C17H15BrClN3O3. The minimum Gasteiger partial charge on any atom is -0.496 e. The van der Waals surface area contributed by atoms with Gasteiger partial charge in [0.1, 0.15) is 12.2 Å². The van der Waals surface area contributed by atoms with Crippen LogP contribution in [0, 0.1) is 0 Å². The molecule has 0 aromatic heterocycles.